The molecule has 0 heterocycles. The molecule has 0 aliphatic heterocycles. The van der Waals surface area contributed by atoms with Crippen LogP contribution in [0.15, 0.2) is 12.1 Å². The van der Waals surface area contributed by atoms with Crippen LogP contribution >= 0.6 is 23.2 Å². The maximum atomic E-state index is 8.66. The van der Waals surface area contributed by atoms with E-state index in [1.54, 1.807) is 6.07 Å². The van der Waals surface area contributed by atoms with E-state index < -0.39 is 0 Å². The van der Waals surface area contributed by atoms with Crippen molar-refractivity contribution in [2.24, 2.45) is 0 Å². The van der Waals surface area contributed by atoms with E-state index in [1.807, 2.05) is 6.07 Å². The molecular formula is C8H5Cl2NO. The first-order valence-electron chi connectivity index (χ1n) is 3.12. The first-order chi connectivity index (χ1) is 5.69. The van der Waals surface area contributed by atoms with Crippen molar-refractivity contribution in [3.63, 3.8) is 0 Å². The summed E-state index contributed by atoms with van der Waals surface area (Å²) in [5, 5.41) is 9.43. The number of halogens is 2. The molecule has 0 aliphatic carbocycles. The van der Waals surface area contributed by atoms with E-state index >= 15 is 0 Å². The highest BCUT2D eigenvalue weighted by Crippen LogP contribution is 2.29. The Balaban J connectivity index is 3.36. The number of hydrogen-bond acceptors (Lipinski definition) is 2. The molecule has 12 heavy (non-hydrogen) atoms. The van der Waals surface area contributed by atoms with Crippen LogP contribution in [-0.2, 0) is 0 Å². The van der Waals surface area contributed by atoms with Crippen LogP contribution in [0, 0.1) is 11.3 Å². The Bertz CT molecular complexity index is 344. The minimum atomic E-state index is 0.307. The molecule has 0 aliphatic rings. The van der Waals surface area contributed by atoms with Crippen molar-refractivity contribution < 1.29 is 4.74 Å². The Kier molecular flexibility index (Phi) is 2.80. The molecule has 1 aromatic rings. The summed E-state index contributed by atoms with van der Waals surface area (Å²) >= 11 is 11.4. The minimum Gasteiger partial charge on any atom is -0.495 e. The van der Waals surface area contributed by atoms with Crippen LogP contribution in [-0.4, -0.2) is 7.11 Å². The smallest absolute Gasteiger partial charge is 0.139 e. The molecule has 0 amide bonds. The van der Waals surface area contributed by atoms with Gasteiger partial charge in [-0.25, -0.2) is 0 Å². The molecule has 0 fully saturated rings. The van der Waals surface area contributed by atoms with Gasteiger partial charge in [0.25, 0.3) is 0 Å². The van der Waals surface area contributed by atoms with E-state index in [-0.39, 0.29) is 0 Å². The fraction of sp³-hybridized carbons (Fsp3) is 0.125. The van der Waals surface area contributed by atoms with Crippen LogP contribution in [0.4, 0.5) is 0 Å². The third-order valence-corrected chi connectivity index (χ3v) is 1.87. The predicted molar refractivity (Wildman–Crippen MR) is 47.7 cm³/mol. The zero-order valence-corrected chi connectivity index (χ0v) is 7.78. The van der Waals surface area contributed by atoms with Gasteiger partial charge in [0.15, 0.2) is 0 Å². The maximum absolute atomic E-state index is 8.66. The molecule has 62 valence electrons. The number of ether oxygens (including phenoxy) is 1. The van der Waals surface area contributed by atoms with Gasteiger partial charge in [-0.3, -0.25) is 0 Å². The van der Waals surface area contributed by atoms with E-state index in [0.29, 0.717) is 21.4 Å². The second-order valence-electron chi connectivity index (χ2n) is 2.08. The summed E-state index contributed by atoms with van der Waals surface area (Å²) in [5.41, 5.74) is 0.309. The monoisotopic (exact) mass is 201 g/mol. The Morgan fingerprint density at radius 3 is 2.58 bits per heavy atom. The van der Waals surface area contributed by atoms with Crippen molar-refractivity contribution in [1.29, 1.82) is 5.26 Å². The molecular weight excluding hydrogens is 197 g/mol. The van der Waals surface area contributed by atoms with Gasteiger partial charge >= 0.3 is 0 Å². The lowest BCUT2D eigenvalue weighted by atomic mass is 10.2. The largest absolute Gasteiger partial charge is 0.495 e. The first kappa shape index (κ1) is 9.18. The van der Waals surface area contributed by atoms with Crippen LogP contribution in [0.2, 0.25) is 10.0 Å². The van der Waals surface area contributed by atoms with Crippen LogP contribution in [0.1, 0.15) is 5.56 Å². The SMILES string of the molecule is COc1cc(Cl)cc(Cl)c1C#N. The molecule has 1 rings (SSSR count). The molecule has 0 unspecified atom stereocenters. The highest BCUT2D eigenvalue weighted by Gasteiger charge is 2.08. The van der Waals surface area contributed by atoms with Gasteiger partial charge in [0.05, 0.1) is 12.1 Å². The van der Waals surface area contributed by atoms with Crippen molar-refractivity contribution in [1.82, 2.24) is 0 Å². The molecule has 2 nitrogen and oxygen atoms in total. The molecule has 0 N–H and O–H groups in total. The Labute approximate surface area is 80.3 Å². The Morgan fingerprint density at radius 1 is 1.42 bits per heavy atom. The summed E-state index contributed by atoms with van der Waals surface area (Å²) in [6, 6.07) is 4.98. The van der Waals surface area contributed by atoms with Crippen molar-refractivity contribution >= 4 is 23.2 Å². The van der Waals surface area contributed by atoms with Gasteiger partial charge in [-0.2, -0.15) is 5.26 Å². The van der Waals surface area contributed by atoms with Crippen molar-refractivity contribution in [3.05, 3.63) is 27.7 Å². The zero-order valence-electron chi connectivity index (χ0n) is 6.27. The van der Waals surface area contributed by atoms with Crippen molar-refractivity contribution in [2.45, 2.75) is 0 Å². The fourth-order valence-corrected chi connectivity index (χ4v) is 1.34. The topological polar surface area (TPSA) is 33.0 Å². The average molecular weight is 202 g/mol. The molecule has 0 aromatic heterocycles. The van der Waals surface area contributed by atoms with E-state index in [2.05, 4.69) is 0 Å². The summed E-state index contributed by atoms with van der Waals surface area (Å²) < 4.78 is 4.91. The van der Waals surface area contributed by atoms with E-state index in [9.17, 15) is 0 Å². The fourth-order valence-electron chi connectivity index (χ4n) is 0.819. The second kappa shape index (κ2) is 3.66. The normalized spacial score (nSPS) is 9.17. The molecule has 0 bridgehead atoms. The number of nitriles is 1. The third kappa shape index (κ3) is 1.63. The molecule has 0 atom stereocenters. The molecule has 4 heteroatoms. The van der Waals surface area contributed by atoms with Gasteiger partial charge in [-0.15, -0.1) is 0 Å². The minimum absolute atomic E-state index is 0.307. The third-order valence-electron chi connectivity index (χ3n) is 1.35. The van der Waals surface area contributed by atoms with E-state index in [0.717, 1.165) is 0 Å². The molecule has 0 spiro atoms. The quantitative estimate of drug-likeness (QED) is 0.701. The summed E-state index contributed by atoms with van der Waals surface area (Å²) in [6.07, 6.45) is 0. The van der Waals surface area contributed by atoms with Gasteiger partial charge in [-0.05, 0) is 6.07 Å². The van der Waals surface area contributed by atoms with Gasteiger partial charge < -0.3 is 4.74 Å². The number of nitrogens with zero attached hydrogens (tertiary/aromatic N) is 1. The maximum Gasteiger partial charge on any atom is 0.139 e. The van der Waals surface area contributed by atoms with E-state index in [4.69, 9.17) is 33.2 Å². The summed E-state index contributed by atoms with van der Waals surface area (Å²) in [4.78, 5) is 0. The highest BCUT2D eigenvalue weighted by molar-refractivity contribution is 6.35. The second-order valence-corrected chi connectivity index (χ2v) is 2.92. The van der Waals surface area contributed by atoms with E-state index in [1.165, 1.54) is 13.2 Å². The van der Waals surface area contributed by atoms with Gasteiger partial charge in [0.2, 0.25) is 0 Å². The average Bonchev–Trinajstić information content (AvgIpc) is 2.03. The lowest BCUT2D eigenvalue weighted by Crippen LogP contribution is -1.88. The molecule has 0 saturated heterocycles. The van der Waals surface area contributed by atoms with Crippen molar-refractivity contribution in [3.8, 4) is 11.8 Å². The molecule has 0 saturated carbocycles. The lowest BCUT2D eigenvalue weighted by Gasteiger charge is -2.03. The van der Waals surface area contributed by atoms with Crippen LogP contribution in [0.25, 0.3) is 0 Å². The lowest BCUT2D eigenvalue weighted by molar-refractivity contribution is 0.413. The van der Waals surface area contributed by atoms with Crippen LogP contribution in [0.3, 0.4) is 0 Å². The highest BCUT2D eigenvalue weighted by atomic mass is 35.5. The molecule has 0 radical (unpaired) electrons. The molecule has 1 aromatic carbocycles. The number of benzene rings is 1. The standard InChI is InChI=1S/C8H5Cl2NO/c1-12-8-3-5(9)2-7(10)6(8)4-11/h2-3H,1H3. The van der Waals surface area contributed by atoms with Gasteiger partial charge in [-0.1, -0.05) is 23.2 Å². The summed E-state index contributed by atoms with van der Waals surface area (Å²) in [7, 11) is 1.46. The van der Waals surface area contributed by atoms with Gasteiger partial charge in [0, 0.05) is 11.1 Å². The van der Waals surface area contributed by atoms with Gasteiger partial charge in [0.1, 0.15) is 17.4 Å². The van der Waals surface area contributed by atoms with Crippen LogP contribution in [0.5, 0.6) is 5.75 Å². The van der Waals surface area contributed by atoms with Crippen LogP contribution < -0.4 is 4.74 Å². The number of methoxy groups -OCH3 is 1. The number of hydrogen-bond donors (Lipinski definition) is 0. The Morgan fingerprint density at radius 2 is 2.08 bits per heavy atom. The van der Waals surface area contributed by atoms with Crippen molar-refractivity contribution in [2.75, 3.05) is 7.11 Å². The Hall–Kier alpha value is -0.910. The predicted octanol–water partition coefficient (Wildman–Crippen LogP) is 2.87. The summed E-state index contributed by atoms with van der Waals surface area (Å²) in [6.45, 7) is 0. The number of rotatable bonds is 1. The first-order valence-corrected chi connectivity index (χ1v) is 3.87. The summed E-state index contributed by atoms with van der Waals surface area (Å²) in [5.74, 6) is 0.398. The zero-order chi connectivity index (χ0) is 9.14.